The Morgan fingerprint density at radius 2 is 2.09 bits per heavy atom. The summed E-state index contributed by atoms with van der Waals surface area (Å²) in [5.74, 6) is 1.06. The number of benzene rings is 2. The predicted molar refractivity (Wildman–Crippen MR) is 91.7 cm³/mol. The zero-order valence-corrected chi connectivity index (χ0v) is 13.1. The van der Waals surface area contributed by atoms with Crippen molar-refractivity contribution in [2.45, 2.75) is 12.5 Å². The minimum atomic E-state index is 0.256. The molecule has 2 aliphatic rings. The van der Waals surface area contributed by atoms with Gasteiger partial charge in [0.25, 0.3) is 0 Å². The molecule has 4 heteroatoms. The normalized spacial score (nSPS) is 20.8. The van der Waals surface area contributed by atoms with E-state index in [4.69, 9.17) is 4.74 Å². The molecule has 1 unspecified atom stereocenters. The zero-order chi connectivity index (χ0) is 14.5. The maximum atomic E-state index is 5.64. The smallest absolute Gasteiger partial charge is 0.127 e. The Bertz CT molecular complexity index is 871. The summed E-state index contributed by atoms with van der Waals surface area (Å²) in [6.07, 6.45) is 1.93. The average molecular weight is 308 g/mol. The van der Waals surface area contributed by atoms with E-state index in [1.165, 1.54) is 33.0 Å². The van der Waals surface area contributed by atoms with Gasteiger partial charge in [0.15, 0.2) is 0 Å². The van der Waals surface area contributed by atoms with Crippen molar-refractivity contribution in [2.24, 2.45) is 0 Å². The van der Waals surface area contributed by atoms with Crippen LogP contribution in [0.4, 0.5) is 0 Å². The molecule has 110 valence electrons. The first kappa shape index (κ1) is 12.7. The van der Waals surface area contributed by atoms with Gasteiger partial charge in [-0.25, -0.2) is 0 Å². The summed E-state index contributed by atoms with van der Waals surface area (Å²) in [6, 6.07) is 15.5. The van der Waals surface area contributed by atoms with Gasteiger partial charge in [-0.2, -0.15) is 0 Å². The van der Waals surface area contributed by atoms with Crippen LogP contribution in [0.25, 0.3) is 10.9 Å². The van der Waals surface area contributed by atoms with E-state index in [2.05, 4.69) is 52.8 Å². The highest BCUT2D eigenvalue weighted by Crippen LogP contribution is 2.35. The number of rotatable bonds is 1. The molecule has 5 rings (SSSR count). The minimum Gasteiger partial charge on any atom is -0.488 e. The minimum absolute atomic E-state index is 0.256. The molecule has 1 aromatic heterocycles. The second-order valence-corrected chi connectivity index (χ2v) is 7.10. The quantitative estimate of drug-likeness (QED) is 0.678. The highest BCUT2D eigenvalue weighted by molar-refractivity contribution is 7.47. The molecule has 2 aliphatic heterocycles. The fourth-order valence-corrected chi connectivity index (χ4v) is 4.63. The molecule has 0 fully saturated rings. The average Bonchev–Trinajstić information content (AvgIpc) is 3.18. The van der Waals surface area contributed by atoms with Crippen LogP contribution >= 0.6 is 8.58 Å². The summed E-state index contributed by atoms with van der Waals surface area (Å²) >= 11 is 0. The van der Waals surface area contributed by atoms with E-state index in [-0.39, 0.29) is 6.04 Å². The number of hydrogen-bond acceptors (Lipinski definition) is 2. The number of ether oxygens (including phenoxy) is 1. The Hall–Kier alpha value is -1.83. The third kappa shape index (κ3) is 1.83. The van der Waals surface area contributed by atoms with E-state index in [1.54, 1.807) is 0 Å². The second kappa shape index (κ2) is 4.84. The molecule has 0 radical (unpaired) electrons. The molecule has 3 heterocycles. The lowest BCUT2D eigenvalue weighted by Gasteiger charge is -2.25. The van der Waals surface area contributed by atoms with Crippen molar-refractivity contribution < 1.29 is 4.74 Å². The predicted octanol–water partition coefficient (Wildman–Crippen LogP) is 3.06. The molecular weight excluding hydrogens is 291 g/mol. The Morgan fingerprint density at radius 3 is 3.09 bits per heavy atom. The monoisotopic (exact) mass is 308 g/mol. The Morgan fingerprint density at radius 1 is 1.14 bits per heavy atom. The lowest BCUT2D eigenvalue weighted by atomic mass is 9.94. The fourth-order valence-electron chi connectivity index (χ4n) is 3.65. The molecule has 0 aliphatic carbocycles. The number of hydrogen-bond donors (Lipinski definition) is 2. The highest BCUT2D eigenvalue weighted by Gasteiger charge is 2.26. The van der Waals surface area contributed by atoms with Crippen LogP contribution in [-0.4, -0.2) is 17.9 Å². The van der Waals surface area contributed by atoms with Gasteiger partial charge >= 0.3 is 0 Å². The number of para-hydroxylation sites is 1. The topological polar surface area (TPSA) is 37.0 Å². The van der Waals surface area contributed by atoms with E-state index in [0.717, 1.165) is 33.6 Å². The zero-order valence-electron chi connectivity index (χ0n) is 12.1. The van der Waals surface area contributed by atoms with Crippen LogP contribution in [0, 0.1) is 0 Å². The van der Waals surface area contributed by atoms with Crippen molar-refractivity contribution >= 4 is 24.8 Å². The van der Waals surface area contributed by atoms with Crippen LogP contribution < -0.4 is 15.4 Å². The molecule has 22 heavy (non-hydrogen) atoms. The summed E-state index contributed by atoms with van der Waals surface area (Å²) in [7, 11) is 0.774. The van der Waals surface area contributed by atoms with E-state index in [1.807, 2.05) is 0 Å². The number of nitrogens with one attached hydrogen (secondary N) is 2. The van der Waals surface area contributed by atoms with Gasteiger partial charge in [0, 0.05) is 28.4 Å². The van der Waals surface area contributed by atoms with E-state index < -0.39 is 0 Å². The molecular formula is C18H17N2OP. The van der Waals surface area contributed by atoms with Crippen LogP contribution in [0.2, 0.25) is 0 Å². The van der Waals surface area contributed by atoms with Crippen LogP contribution in [-0.2, 0) is 6.42 Å². The van der Waals surface area contributed by atoms with Crippen molar-refractivity contribution in [3.8, 4) is 5.75 Å². The number of aromatic amines is 1. The van der Waals surface area contributed by atoms with Crippen molar-refractivity contribution in [1.29, 1.82) is 0 Å². The van der Waals surface area contributed by atoms with Crippen LogP contribution in [0.1, 0.15) is 22.9 Å². The third-order valence-electron chi connectivity index (χ3n) is 4.69. The van der Waals surface area contributed by atoms with Crippen LogP contribution in [0.5, 0.6) is 5.75 Å². The Balaban J connectivity index is 1.65. The molecule has 0 spiro atoms. The van der Waals surface area contributed by atoms with Crippen LogP contribution in [0.15, 0.2) is 42.5 Å². The molecule has 2 N–H and O–H groups in total. The number of aromatic nitrogens is 1. The first-order valence-corrected chi connectivity index (χ1v) is 8.94. The Kier molecular flexibility index (Phi) is 2.79. The van der Waals surface area contributed by atoms with Crippen molar-refractivity contribution in [2.75, 3.05) is 12.9 Å². The summed E-state index contributed by atoms with van der Waals surface area (Å²) in [5.41, 5.74) is 5.38. The SMILES string of the molecule is c1ccc2c3c([nH]c2c1)[C@@H](c1ccc2c(c1)PCO2)NCC3. The maximum Gasteiger partial charge on any atom is 0.127 e. The number of H-pyrrole nitrogens is 1. The Labute approximate surface area is 130 Å². The molecule has 0 amide bonds. The van der Waals surface area contributed by atoms with Gasteiger partial charge in [-0.3, -0.25) is 0 Å². The molecule has 0 saturated heterocycles. The van der Waals surface area contributed by atoms with Gasteiger partial charge in [0.2, 0.25) is 0 Å². The van der Waals surface area contributed by atoms with Crippen LogP contribution in [0.3, 0.4) is 0 Å². The van der Waals surface area contributed by atoms with Gasteiger partial charge in [-0.05, 0) is 44.3 Å². The molecule has 2 atom stereocenters. The molecule has 0 saturated carbocycles. The van der Waals surface area contributed by atoms with Gasteiger partial charge < -0.3 is 15.0 Å². The lowest BCUT2D eigenvalue weighted by molar-refractivity contribution is 0.403. The molecule has 3 aromatic rings. The van der Waals surface area contributed by atoms with Gasteiger partial charge in [-0.15, -0.1) is 0 Å². The van der Waals surface area contributed by atoms with Crippen molar-refractivity contribution in [3.63, 3.8) is 0 Å². The summed E-state index contributed by atoms with van der Waals surface area (Å²) in [6.45, 7) is 1.02. The highest BCUT2D eigenvalue weighted by atomic mass is 31.1. The summed E-state index contributed by atoms with van der Waals surface area (Å²) in [5, 5.41) is 6.41. The largest absolute Gasteiger partial charge is 0.488 e. The first-order chi connectivity index (χ1) is 10.9. The second-order valence-electron chi connectivity index (χ2n) is 5.92. The van der Waals surface area contributed by atoms with Gasteiger partial charge in [0.05, 0.1) is 6.04 Å². The standard InChI is InChI=1S/C18H17N2OP/c1-2-4-14-12(3-1)13-7-8-19-17(18(13)20-14)11-5-6-15-16(9-11)22-10-21-15/h1-6,9,17,19-20,22H,7-8,10H2/t17-/m1/s1. The number of fused-ring (bicyclic) bond motifs is 4. The summed E-state index contributed by atoms with van der Waals surface area (Å²) in [4.78, 5) is 3.64. The molecule has 3 nitrogen and oxygen atoms in total. The lowest BCUT2D eigenvalue weighted by Crippen LogP contribution is -2.30. The molecule has 2 aromatic carbocycles. The van der Waals surface area contributed by atoms with Crippen molar-refractivity contribution in [3.05, 3.63) is 59.3 Å². The maximum absolute atomic E-state index is 5.64. The first-order valence-electron chi connectivity index (χ1n) is 7.73. The van der Waals surface area contributed by atoms with E-state index >= 15 is 0 Å². The molecule has 0 bridgehead atoms. The van der Waals surface area contributed by atoms with Gasteiger partial charge in [0.1, 0.15) is 12.1 Å². The van der Waals surface area contributed by atoms with Gasteiger partial charge in [-0.1, -0.05) is 24.3 Å². The fraction of sp³-hybridized carbons (Fsp3) is 0.222. The van der Waals surface area contributed by atoms with E-state index in [9.17, 15) is 0 Å². The van der Waals surface area contributed by atoms with E-state index in [0.29, 0.717) is 0 Å². The third-order valence-corrected chi connectivity index (χ3v) is 5.75. The summed E-state index contributed by atoms with van der Waals surface area (Å²) < 4.78 is 5.64. The van der Waals surface area contributed by atoms with Crippen molar-refractivity contribution in [1.82, 2.24) is 10.3 Å².